The summed E-state index contributed by atoms with van der Waals surface area (Å²) in [5, 5.41) is 3.46. The summed E-state index contributed by atoms with van der Waals surface area (Å²) < 4.78 is 8.53. The molecular formula is C19H24ClN3O2. The number of aromatic nitrogens is 2. The SMILES string of the molecule is COc1ccc(CCNCc2ccc3c(c2)n(C)c(=O)n3C)cc1.Cl. The molecule has 0 atom stereocenters. The lowest BCUT2D eigenvalue weighted by molar-refractivity contribution is 0.414. The number of methoxy groups -OCH3 is 1. The zero-order valence-electron chi connectivity index (χ0n) is 14.8. The Morgan fingerprint density at radius 2 is 1.60 bits per heavy atom. The highest BCUT2D eigenvalue weighted by molar-refractivity contribution is 5.85. The second-order valence-corrected chi connectivity index (χ2v) is 6.00. The summed E-state index contributed by atoms with van der Waals surface area (Å²) in [4.78, 5) is 12.0. The van der Waals surface area contributed by atoms with Gasteiger partial charge in [-0.25, -0.2) is 4.79 Å². The molecule has 0 aliphatic rings. The minimum Gasteiger partial charge on any atom is -0.497 e. The van der Waals surface area contributed by atoms with E-state index >= 15 is 0 Å². The fourth-order valence-electron chi connectivity index (χ4n) is 2.92. The quantitative estimate of drug-likeness (QED) is 0.687. The number of ether oxygens (including phenoxy) is 1. The molecule has 0 aliphatic heterocycles. The van der Waals surface area contributed by atoms with E-state index in [1.807, 2.05) is 25.2 Å². The van der Waals surface area contributed by atoms with Crippen molar-refractivity contribution in [2.75, 3.05) is 13.7 Å². The van der Waals surface area contributed by atoms with Crippen LogP contribution in [0.5, 0.6) is 5.75 Å². The van der Waals surface area contributed by atoms with Crippen molar-refractivity contribution < 1.29 is 4.74 Å². The van der Waals surface area contributed by atoms with Crippen LogP contribution in [0, 0.1) is 0 Å². The molecule has 1 heterocycles. The third-order valence-corrected chi connectivity index (χ3v) is 4.42. The molecule has 0 spiro atoms. The molecule has 6 heteroatoms. The number of aryl methyl sites for hydroxylation is 2. The van der Waals surface area contributed by atoms with Gasteiger partial charge in [-0.2, -0.15) is 0 Å². The molecule has 5 nitrogen and oxygen atoms in total. The molecule has 0 amide bonds. The Labute approximate surface area is 153 Å². The number of rotatable bonds is 6. The molecule has 134 valence electrons. The maximum Gasteiger partial charge on any atom is 0.328 e. The van der Waals surface area contributed by atoms with E-state index in [1.165, 1.54) is 11.1 Å². The van der Waals surface area contributed by atoms with Gasteiger partial charge in [0.05, 0.1) is 18.1 Å². The Hall–Kier alpha value is -2.24. The standard InChI is InChI=1S/C19H23N3O2.ClH/c1-21-17-9-6-15(12-18(17)22(2)19(21)23)13-20-11-10-14-4-7-16(24-3)8-5-14;/h4-9,12,20H,10-11,13H2,1-3H3;1H. The molecule has 0 radical (unpaired) electrons. The predicted octanol–water partition coefficient (Wildman–Crippen LogP) is 2.64. The molecule has 0 saturated carbocycles. The molecule has 0 aliphatic carbocycles. The van der Waals surface area contributed by atoms with Crippen molar-refractivity contribution in [1.82, 2.24) is 14.5 Å². The van der Waals surface area contributed by atoms with Crippen molar-refractivity contribution in [3.63, 3.8) is 0 Å². The minimum absolute atomic E-state index is 0. The van der Waals surface area contributed by atoms with Crippen molar-refractivity contribution in [2.45, 2.75) is 13.0 Å². The lowest BCUT2D eigenvalue weighted by Gasteiger charge is -2.07. The van der Waals surface area contributed by atoms with Crippen molar-refractivity contribution in [3.05, 3.63) is 64.1 Å². The molecule has 25 heavy (non-hydrogen) atoms. The van der Waals surface area contributed by atoms with Gasteiger partial charge in [0.2, 0.25) is 0 Å². The molecular weight excluding hydrogens is 338 g/mol. The number of hydrogen-bond donors (Lipinski definition) is 1. The second kappa shape index (κ2) is 8.23. The van der Waals surface area contributed by atoms with E-state index in [0.29, 0.717) is 0 Å². The molecule has 1 aromatic heterocycles. The van der Waals surface area contributed by atoms with Gasteiger partial charge in [-0.05, 0) is 48.4 Å². The summed E-state index contributed by atoms with van der Waals surface area (Å²) in [6, 6.07) is 14.3. The lowest BCUT2D eigenvalue weighted by atomic mass is 10.1. The van der Waals surface area contributed by atoms with E-state index in [4.69, 9.17) is 4.74 Å². The maximum atomic E-state index is 12.0. The van der Waals surface area contributed by atoms with Crippen LogP contribution in [0.25, 0.3) is 11.0 Å². The number of nitrogens with one attached hydrogen (secondary N) is 1. The molecule has 2 aromatic carbocycles. The summed E-state index contributed by atoms with van der Waals surface area (Å²) in [5.41, 5.74) is 4.40. The van der Waals surface area contributed by atoms with Gasteiger partial charge in [0.15, 0.2) is 0 Å². The van der Waals surface area contributed by atoms with E-state index < -0.39 is 0 Å². The second-order valence-electron chi connectivity index (χ2n) is 6.00. The van der Waals surface area contributed by atoms with Crippen molar-refractivity contribution in [3.8, 4) is 5.75 Å². The third kappa shape index (κ3) is 4.06. The first-order valence-electron chi connectivity index (χ1n) is 8.08. The van der Waals surface area contributed by atoms with Crippen LogP contribution in [0.4, 0.5) is 0 Å². The van der Waals surface area contributed by atoms with Crippen LogP contribution < -0.4 is 15.7 Å². The summed E-state index contributed by atoms with van der Waals surface area (Å²) in [5.74, 6) is 0.883. The molecule has 0 saturated heterocycles. The molecule has 0 fully saturated rings. The van der Waals surface area contributed by atoms with Gasteiger partial charge in [0.1, 0.15) is 5.75 Å². The average molecular weight is 362 g/mol. The van der Waals surface area contributed by atoms with Gasteiger partial charge in [-0.3, -0.25) is 9.13 Å². The lowest BCUT2D eigenvalue weighted by Crippen LogP contribution is -2.19. The number of benzene rings is 2. The van der Waals surface area contributed by atoms with E-state index in [9.17, 15) is 4.79 Å². The summed E-state index contributed by atoms with van der Waals surface area (Å²) >= 11 is 0. The maximum absolute atomic E-state index is 12.0. The van der Waals surface area contributed by atoms with Crippen LogP contribution in [0.3, 0.4) is 0 Å². The first kappa shape index (κ1) is 19.1. The van der Waals surface area contributed by atoms with Gasteiger partial charge in [-0.1, -0.05) is 18.2 Å². The monoisotopic (exact) mass is 361 g/mol. The topological polar surface area (TPSA) is 48.2 Å². The normalized spacial score (nSPS) is 10.7. The minimum atomic E-state index is 0. The molecule has 1 N–H and O–H groups in total. The Bertz CT molecular complexity index is 897. The zero-order valence-corrected chi connectivity index (χ0v) is 15.6. The largest absolute Gasteiger partial charge is 0.497 e. The van der Waals surface area contributed by atoms with E-state index in [0.717, 1.165) is 36.3 Å². The van der Waals surface area contributed by atoms with Crippen LogP contribution in [-0.2, 0) is 27.1 Å². The Balaban J connectivity index is 0.00000225. The summed E-state index contributed by atoms with van der Waals surface area (Å²) in [6.07, 6.45) is 0.968. The molecule has 3 aromatic rings. The van der Waals surface area contributed by atoms with Crippen molar-refractivity contribution in [1.29, 1.82) is 0 Å². The highest BCUT2D eigenvalue weighted by Gasteiger charge is 2.07. The Morgan fingerprint density at radius 3 is 2.28 bits per heavy atom. The van der Waals surface area contributed by atoms with Gasteiger partial charge in [0, 0.05) is 20.6 Å². The fraction of sp³-hybridized carbons (Fsp3) is 0.316. The van der Waals surface area contributed by atoms with Crippen LogP contribution in [0.2, 0.25) is 0 Å². The van der Waals surface area contributed by atoms with Crippen LogP contribution in [0.1, 0.15) is 11.1 Å². The van der Waals surface area contributed by atoms with Gasteiger partial charge >= 0.3 is 5.69 Å². The van der Waals surface area contributed by atoms with Crippen molar-refractivity contribution >= 4 is 23.4 Å². The van der Waals surface area contributed by atoms with Crippen molar-refractivity contribution in [2.24, 2.45) is 14.1 Å². The van der Waals surface area contributed by atoms with Crippen LogP contribution in [-0.4, -0.2) is 22.8 Å². The summed E-state index contributed by atoms with van der Waals surface area (Å²) in [7, 11) is 5.29. The first-order valence-corrected chi connectivity index (χ1v) is 8.08. The van der Waals surface area contributed by atoms with E-state index in [2.05, 4.69) is 29.6 Å². The van der Waals surface area contributed by atoms with E-state index in [-0.39, 0.29) is 18.1 Å². The average Bonchev–Trinajstić information content (AvgIpc) is 2.83. The smallest absolute Gasteiger partial charge is 0.328 e. The Morgan fingerprint density at radius 1 is 0.960 bits per heavy atom. The molecule has 0 bridgehead atoms. The van der Waals surface area contributed by atoms with Gasteiger partial charge < -0.3 is 10.1 Å². The first-order chi connectivity index (χ1) is 11.6. The van der Waals surface area contributed by atoms with Crippen LogP contribution >= 0.6 is 12.4 Å². The zero-order chi connectivity index (χ0) is 17.1. The predicted molar refractivity (Wildman–Crippen MR) is 104 cm³/mol. The van der Waals surface area contributed by atoms with Gasteiger partial charge in [-0.15, -0.1) is 12.4 Å². The van der Waals surface area contributed by atoms with E-state index in [1.54, 1.807) is 23.3 Å². The number of fused-ring (bicyclic) bond motifs is 1. The highest BCUT2D eigenvalue weighted by Crippen LogP contribution is 2.14. The fourth-order valence-corrected chi connectivity index (χ4v) is 2.92. The molecule has 0 unspecified atom stereocenters. The number of hydrogen-bond acceptors (Lipinski definition) is 3. The van der Waals surface area contributed by atoms with Gasteiger partial charge in [0.25, 0.3) is 0 Å². The third-order valence-electron chi connectivity index (χ3n) is 4.42. The number of halogens is 1. The van der Waals surface area contributed by atoms with Crippen LogP contribution in [0.15, 0.2) is 47.3 Å². The Kier molecular flexibility index (Phi) is 6.28. The molecule has 3 rings (SSSR count). The highest BCUT2D eigenvalue weighted by atomic mass is 35.5. The number of imidazole rings is 1. The summed E-state index contributed by atoms with van der Waals surface area (Å²) in [6.45, 7) is 1.69. The number of nitrogens with zero attached hydrogens (tertiary/aromatic N) is 2.